The summed E-state index contributed by atoms with van der Waals surface area (Å²) in [6.07, 6.45) is -0.521. The standard InChI is InChI=1S/C18H18O8S/c19-13-2-5-15(6-3-13)27(24,25)16-7-4-14(20)11-12(16)1-8-18(23)26-10-9-17(21)22/h2-7,11,19-20H,1,8-10H2,(H,21,22). The number of hydrogen-bond donors (Lipinski definition) is 3. The number of phenolic OH excluding ortho intramolecular Hbond substituents is 2. The van der Waals surface area contributed by atoms with Crippen molar-refractivity contribution < 1.29 is 38.1 Å². The Hall–Kier alpha value is -3.07. The average molecular weight is 394 g/mol. The Balaban J connectivity index is 2.20. The van der Waals surface area contributed by atoms with E-state index in [-0.39, 0.29) is 52.7 Å². The van der Waals surface area contributed by atoms with Crippen LogP contribution in [0.5, 0.6) is 11.5 Å². The van der Waals surface area contributed by atoms with E-state index in [1.807, 2.05) is 0 Å². The number of carboxylic acid groups (broad SMARTS) is 1. The Labute approximate surface area is 155 Å². The van der Waals surface area contributed by atoms with Gasteiger partial charge in [0.05, 0.1) is 16.2 Å². The molecule has 0 heterocycles. The van der Waals surface area contributed by atoms with Crippen molar-refractivity contribution in [3.05, 3.63) is 48.0 Å². The third kappa shape index (κ3) is 5.45. The van der Waals surface area contributed by atoms with E-state index in [0.717, 1.165) is 0 Å². The first kappa shape index (κ1) is 20.2. The van der Waals surface area contributed by atoms with Crippen LogP contribution in [0, 0.1) is 0 Å². The van der Waals surface area contributed by atoms with Gasteiger partial charge in [-0.25, -0.2) is 8.42 Å². The molecule has 27 heavy (non-hydrogen) atoms. The largest absolute Gasteiger partial charge is 0.508 e. The number of carboxylic acids is 1. The van der Waals surface area contributed by atoms with Gasteiger partial charge in [-0.2, -0.15) is 0 Å². The van der Waals surface area contributed by atoms with Crippen molar-refractivity contribution in [2.24, 2.45) is 0 Å². The molecule has 0 saturated carbocycles. The Kier molecular flexibility index (Phi) is 6.40. The topological polar surface area (TPSA) is 138 Å². The summed E-state index contributed by atoms with van der Waals surface area (Å²) in [6.45, 7) is -0.271. The molecule has 0 atom stereocenters. The molecule has 0 spiro atoms. The fourth-order valence-corrected chi connectivity index (χ4v) is 3.84. The van der Waals surface area contributed by atoms with Crippen LogP contribution in [-0.4, -0.2) is 42.3 Å². The van der Waals surface area contributed by atoms with Gasteiger partial charge in [0.2, 0.25) is 9.84 Å². The van der Waals surface area contributed by atoms with E-state index in [4.69, 9.17) is 9.84 Å². The minimum Gasteiger partial charge on any atom is -0.508 e. The molecule has 0 aromatic heterocycles. The predicted molar refractivity (Wildman–Crippen MR) is 93.2 cm³/mol. The van der Waals surface area contributed by atoms with E-state index in [0.29, 0.717) is 0 Å². The zero-order chi connectivity index (χ0) is 20.0. The second-order valence-corrected chi connectivity index (χ2v) is 7.57. The zero-order valence-corrected chi connectivity index (χ0v) is 15.0. The molecule has 2 aromatic carbocycles. The van der Waals surface area contributed by atoms with E-state index < -0.39 is 21.8 Å². The van der Waals surface area contributed by atoms with Gasteiger partial charge in [-0.05, 0) is 54.4 Å². The minimum atomic E-state index is -3.93. The monoisotopic (exact) mass is 394 g/mol. The zero-order valence-electron chi connectivity index (χ0n) is 14.2. The maximum absolute atomic E-state index is 12.8. The summed E-state index contributed by atoms with van der Waals surface area (Å²) < 4.78 is 30.4. The van der Waals surface area contributed by atoms with Crippen LogP contribution in [0.2, 0.25) is 0 Å². The lowest BCUT2D eigenvalue weighted by Gasteiger charge is -2.11. The number of hydrogen-bond acceptors (Lipinski definition) is 7. The molecule has 144 valence electrons. The van der Waals surface area contributed by atoms with E-state index >= 15 is 0 Å². The van der Waals surface area contributed by atoms with Crippen LogP contribution in [-0.2, 0) is 30.6 Å². The van der Waals surface area contributed by atoms with Gasteiger partial charge < -0.3 is 20.1 Å². The van der Waals surface area contributed by atoms with Crippen molar-refractivity contribution in [3.63, 3.8) is 0 Å². The molecule has 0 saturated heterocycles. The number of esters is 1. The molecule has 0 aliphatic carbocycles. The number of sulfone groups is 1. The summed E-state index contributed by atoms with van der Waals surface area (Å²) in [6, 6.07) is 8.70. The van der Waals surface area contributed by atoms with Crippen LogP contribution in [0.25, 0.3) is 0 Å². The molecule has 0 aliphatic heterocycles. The van der Waals surface area contributed by atoms with Gasteiger partial charge >= 0.3 is 11.9 Å². The second kappa shape index (κ2) is 8.54. The average Bonchev–Trinajstić information content (AvgIpc) is 2.60. The lowest BCUT2D eigenvalue weighted by atomic mass is 10.1. The van der Waals surface area contributed by atoms with E-state index in [1.54, 1.807) is 0 Å². The van der Waals surface area contributed by atoms with Gasteiger partial charge in [0.25, 0.3) is 0 Å². The van der Waals surface area contributed by atoms with E-state index in [1.165, 1.54) is 42.5 Å². The van der Waals surface area contributed by atoms with Gasteiger partial charge in [0.15, 0.2) is 0 Å². The highest BCUT2D eigenvalue weighted by Gasteiger charge is 2.22. The van der Waals surface area contributed by atoms with Crippen LogP contribution in [0.1, 0.15) is 18.4 Å². The number of aryl methyl sites for hydroxylation is 1. The summed E-state index contributed by atoms with van der Waals surface area (Å²) in [7, 11) is -3.93. The molecule has 0 bridgehead atoms. The third-order valence-electron chi connectivity index (χ3n) is 3.66. The fraction of sp³-hybridized carbons (Fsp3) is 0.222. The molecule has 0 radical (unpaired) electrons. The van der Waals surface area contributed by atoms with Gasteiger partial charge in [0.1, 0.15) is 18.1 Å². The van der Waals surface area contributed by atoms with Gasteiger partial charge in [-0.15, -0.1) is 0 Å². The smallest absolute Gasteiger partial charge is 0.306 e. The Morgan fingerprint density at radius 3 is 2.19 bits per heavy atom. The molecular formula is C18H18O8S. The number of ether oxygens (including phenoxy) is 1. The van der Waals surface area contributed by atoms with Crippen molar-refractivity contribution in [2.75, 3.05) is 6.61 Å². The molecule has 0 fully saturated rings. The lowest BCUT2D eigenvalue weighted by molar-refractivity contribution is -0.146. The predicted octanol–water partition coefficient (Wildman–Crippen LogP) is 1.88. The quantitative estimate of drug-likeness (QED) is 0.577. The summed E-state index contributed by atoms with van der Waals surface area (Å²) in [4.78, 5) is 22.0. The first-order valence-electron chi connectivity index (χ1n) is 7.93. The maximum atomic E-state index is 12.8. The Bertz CT molecular complexity index is 932. The molecular weight excluding hydrogens is 376 g/mol. The first-order valence-corrected chi connectivity index (χ1v) is 9.42. The van der Waals surface area contributed by atoms with E-state index in [9.17, 15) is 28.2 Å². The number of aliphatic carboxylic acids is 1. The number of rotatable bonds is 8. The Morgan fingerprint density at radius 2 is 1.56 bits per heavy atom. The van der Waals surface area contributed by atoms with Crippen LogP contribution < -0.4 is 0 Å². The highest BCUT2D eigenvalue weighted by Crippen LogP contribution is 2.28. The summed E-state index contributed by atoms with van der Waals surface area (Å²) in [5, 5.41) is 27.5. The molecule has 9 heteroatoms. The Morgan fingerprint density at radius 1 is 0.926 bits per heavy atom. The highest BCUT2D eigenvalue weighted by atomic mass is 32.2. The van der Waals surface area contributed by atoms with Crippen LogP contribution >= 0.6 is 0 Å². The second-order valence-electron chi connectivity index (χ2n) is 5.65. The fourth-order valence-electron chi connectivity index (χ4n) is 2.34. The molecule has 2 rings (SSSR count). The van der Waals surface area contributed by atoms with Gasteiger partial charge in [-0.1, -0.05) is 0 Å². The normalized spacial score (nSPS) is 11.1. The number of carbonyl (C=O) groups excluding carboxylic acids is 1. The minimum absolute atomic E-state index is 0.0209. The van der Waals surface area contributed by atoms with Gasteiger partial charge in [0, 0.05) is 6.42 Å². The molecule has 2 aromatic rings. The third-order valence-corrected chi connectivity index (χ3v) is 5.53. The maximum Gasteiger partial charge on any atom is 0.306 e. The number of carbonyl (C=O) groups is 2. The first-order chi connectivity index (χ1) is 12.7. The number of benzene rings is 2. The van der Waals surface area contributed by atoms with Crippen molar-refractivity contribution in [3.8, 4) is 11.5 Å². The van der Waals surface area contributed by atoms with E-state index in [2.05, 4.69) is 0 Å². The van der Waals surface area contributed by atoms with Crippen molar-refractivity contribution >= 4 is 21.8 Å². The highest BCUT2D eigenvalue weighted by molar-refractivity contribution is 7.91. The lowest BCUT2D eigenvalue weighted by Crippen LogP contribution is -2.11. The van der Waals surface area contributed by atoms with Crippen LogP contribution in [0.3, 0.4) is 0 Å². The molecule has 0 amide bonds. The molecule has 3 N–H and O–H groups in total. The SMILES string of the molecule is O=C(O)CCOC(=O)CCc1cc(O)ccc1S(=O)(=O)c1ccc(O)cc1. The summed E-state index contributed by atoms with van der Waals surface area (Å²) >= 11 is 0. The summed E-state index contributed by atoms with van der Waals surface area (Å²) in [5.41, 5.74) is 0.221. The van der Waals surface area contributed by atoms with Gasteiger partial charge in [-0.3, -0.25) is 9.59 Å². The van der Waals surface area contributed by atoms with Crippen LogP contribution in [0.15, 0.2) is 52.3 Å². The van der Waals surface area contributed by atoms with Crippen molar-refractivity contribution in [2.45, 2.75) is 29.1 Å². The van der Waals surface area contributed by atoms with Crippen LogP contribution in [0.4, 0.5) is 0 Å². The number of aromatic hydroxyl groups is 2. The summed E-state index contributed by atoms with van der Waals surface area (Å²) in [5.74, 6) is -2.01. The van der Waals surface area contributed by atoms with Crippen molar-refractivity contribution in [1.29, 1.82) is 0 Å². The molecule has 8 nitrogen and oxygen atoms in total. The molecule has 0 unspecified atom stereocenters. The number of phenols is 2. The van der Waals surface area contributed by atoms with Crippen molar-refractivity contribution in [1.82, 2.24) is 0 Å². The molecule has 0 aliphatic rings.